The molecule has 2 amide bonds. The molecular weight excluding hydrogens is 261 g/mol. The van der Waals surface area contributed by atoms with Gasteiger partial charge < -0.3 is 4.74 Å². The Morgan fingerprint density at radius 1 is 1.30 bits per heavy atom. The smallest absolute Gasteiger partial charge is 0.416 e. The first-order chi connectivity index (χ1) is 9.65. The van der Waals surface area contributed by atoms with Crippen LogP contribution in [0.3, 0.4) is 0 Å². The third kappa shape index (κ3) is 2.40. The van der Waals surface area contributed by atoms with Gasteiger partial charge in [0.25, 0.3) is 0 Å². The van der Waals surface area contributed by atoms with Crippen molar-refractivity contribution in [2.75, 3.05) is 6.54 Å². The van der Waals surface area contributed by atoms with Crippen LogP contribution in [0, 0.1) is 11.8 Å². The number of hydrogen-bond donors (Lipinski definition) is 0. The van der Waals surface area contributed by atoms with Crippen LogP contribution in [0.15, 0.2) is 30.3 Å². The molecule has 1 aromatic carbocycles. The largest absolute Gasteiger partial charge is 0.444 e. The summed E-state index contributed by atoms with van der Waals surface area (Å²) in [5.74, 6) is -0.663. The van der Waals surface area contributed by atoms with Gasteiger partial charge in [0.05, 0.1) is 0 Å². The fourth-order valence-electron chi connectivity index (χ4n) is 3.05. The molecule has 106 valence electrons. The molecule has 0 N–H and O–H groups in total. The predicted octanol–water partition coefficient (Wildman–Crippen LogP) is 2.53. The number of fused-ring (bicyclic) bond motifs is 1. The lowest BCUT2D eigenvalue weighted by molar-refractivity contribution is -0.129. The number of alkyl halides is 1. The van der Waals surface area contributed by atoms with Gasteiger partial charge in [-0.1, -0.05) is 30.3 Å². The van der Waals surface area contributed by atoms with Crippen LogP contribution in [0.1, 0.15) is 18.4 Å². The Bertz CT molecular complexity index is 519. The standard InChI is InChI=1S/C15H16FNO3/c16-12-6-11-8-17(14(18)13(11)7-12)15(19)20-9-10-4-2-1-3-5-10/h1-5,11-13H,6-9H2. The fourth-order valence-corrected chi connectivity index (χ4v) is 3.05. The van der Waals surface area contributed by atoms with Gasteiger partial charge in [0, 0.05) is 12.5 Å². The Hall–Kier alpha value is -1.91. The number of hydrogen-bond acceptors (Lipinski definition) is 3. The number of likely N-dealkylation sites (tertiary alicyclic amines) is 1. The van der Waals surface area contributed by atoms with Crippen LogP contribution in [0.25, 0.3) is 0 Å². The van der Waals surface area contributed by atoms with E-state index in [1.165, 1.54) is 0 Å². The maximum Gasteiger partial charge on any atom is 0.416 e. The Kier molecular flexibility index (Phi) is 3.42. The molecule has 1 aliphatic carbocycles. The Morgan fingerprint density at radius 2 is 2.05 bits per heavy atom. The molecule has 3 atom stereocenters. The second-order valence-corrected chi connectivity index (χ2v) is 5.42. The first kappa shape index (κ1) is 13.1. The number of carbonyl (C=O) groups excluding carboxylic acids is 2. The Labute approximate surface area is 116 Å². The zero-order valence-corrected chi connectivity index (χ0v) is 11.0. The first-order valence-corrected chi connectivity index (χ1v) is 6.81. The molecule has 1 aliphatic heterocycles. The second kappa shape index (κ2) is 5.23. The predicted molar refractivity (Wildman–Crippen MR) is 69.5 cm³/mol. The van der Waals surface area contributed by atoms with Gasteiger partial charge in [-0.3, -0.25) is 4.79 Å². The maximum absolute atomic E-state index is 13.2. The normalized spacial score (nSPS) is 28.6. The van der Waals surface area contributed by atoms with Crippen molar-refractivity contribution in [3.8, 4) is 0 Å². The number of benzene rings is 1. The first-order valence-electron chi connectivity index (χ1n) is 6.81. The number of nitrogens with zero attached hydrogens (tertiary/aromatic N) is 1. The van der Waals surface area contributed by atoms with E-state index in [9.17, 15) is 14.0 Å². The summed E-state index contributed by atoms with van der Waals surface area (Å²) in [6.07, 6.45) is -0.912. The van der Waals surface area contributed by atoms with Crippen molar-refractivity contribution in [3.05, 3.63) is 35.9 Å². The lowest BCUT2D eigenvalue weighted by Gasteiger charge is -2.16. The van der Waals surface area contributed by atoms with Crippen molar-refractivity contribution in [1.82, 2.24) is 4.90 Å². The van der Waals surface area contributed by atoms with E-state index >= 15 is 0 Å². The molecule has 2 aliphatic rings. The molecule has 3 rings (SSSR count). The van der Waals surface area contributed by atoms with Crippen LogP contribution >= 0.6 is 0 Å². The summed E-state index contributed by atoms with van der Waals surface area (Å²) < 4.78 is 18.4. The fraction of sp³-hybridized carbons (Fsp3) is 0.467. The van der Waals surface area contributed by atoms with Crippen LogP contribution < -0.4 is 0 Å². The van der Waals surface area contributed by atoms with E-state index in [0.29, 0.717) is 6.42 Å². The van der Waals surface area contributed by atoms with Crippen LogP contribution in [0.4, 0.5) is 9.18 Å². The molecule has 20 heavy (non-hydrogen) atoms. The van der Waals surface area contributed by atoms with Gasteiger partial charge in [-0.15, -0.1) is 0 Å². The average Bonchev–Trinajstić information content (AvgIpc) is 2.96. The van der Waals surface area contributed by atoms with E-state index in [0.717, 1.165) is 10.5 Å². The summed E-state index contributed by atoms with van der Waals surface area (Å²) in [7, 11) is 0. The monoisotopic (exact) mass is 277 g/mol. The molecule has 5 heteroatoms. The number of imide groups is 1. The van der Waals surface area contributed by atoms with Gasteiger partial charge in [0.15, 0.2) is 0 Å². The molecule has 1 saturated heterocycles. The molecule has 0 aromatic heterocycles. The van der Waals surface area contributed by atoms with Crippen molar-refractivity contribution in [1.29, 1.82) is 0 Å². The van der Waals surface area contributed by atoms with Crippen molar-refractivity contribution in [2.45, 2.75) is 25.6 Å². The van der Waals surface area contributed by atoms with Crippen molar-refractivity contribution in [2.24, 2.45) is 11.8 Å². The molecular formula is C15H16FNO3. The highest BCUT2D eigenvalue weighted by Crippen LogP contribution is 2.40. The topological polar surface area (TPSA) is 46.6 Å². The molecule has 1 heterocycles. The van der Waals surface area contributed by atoms with E-state index in [1.54, 1.807) is 0 Å². The summed E-state index contributed by atoms with van der Waals surface area (Å²) in [5, 5.41) is 0. The summed E-state index contributed by atoms with van der Waals surface area (Å²) >= 11 is 0. The molecule has 0 radical (unpaired) electrons. The van der Waals surface area contributed by atoms with Crippen LogP contribution in [-0.2, 0) is 16.1 Å². The lowest BCUT2D eigenvalue weighted by Crippen LogP contribution is -2.35. The maximum atomic E-state index is 13.2. The summed E-state index contributed by atoms with van der Waals surface area (Å²) in [4.78, 5) is 25.1. The van der Waals surface area contributed by atoms with Crippen LogP contribution in [-0.4, -0.2) is 29.6 Å². The molecule has 1 aromatic rings. The lowest BCUT2D eigenvalue weighted by atomic mass is 10.0. The van der Waals surface area contributed by atoms with Gasteiger partial charge >= 0.3 is 6.09 Å². The third-order valence-electron chi connectivity index (χ3n) is 4.06. The molecule has 0 spiro atoms. The van der Waals surface area contributed by atoms with E-state index in [4.69, 9.17) is 4.74 Å². The molecule has 1 saturated carbocycles. The minimum atomic E-state index is -0.906. The second-order valence-electron chi connectivity index (χ2n) is 5.42. The Morgan fingerprint density at radius 3 is 2.75 bits per heavy atom. The summed E-state index contributed by atoms with van der Waals surface area (Å²) in [5.41, 5.74) is 0.872. The molecule has 3 unspecified atom stereocenters. The van der Waals surface area contributed by atoms with Crippen LogP contribution in [0.2, 0.25) is 0 Å². The number of rotatable bonds is 2. The van der Waals surface area contributed by atoms with E-state index in [1.807, 2.05) is 30.3 Å². The molecule has 0 bridgehead atoms. The van der Waals surface area contributed by atoms with Crippen molar-refractivity contribution in [3.63, 3.8) is 0 Å². The van der Waals surface area contributed by atoms with Gasteiger partial charge in [-0.05, 0) is 24.3 Å². The van der Waals surface area contributed by atoms with Gasteiger partial charge in [0.1, 0.15) is 12.8 Å². The Balaban J connectivity index is 1.58. The number of halogens is 1. The van der Waals surface area contributed by atoms with Crippen molar-refractivity contribution < 1.29 is 18.7 Å². The summed E-state index contributed by atoms with van der Waals surface area (Å²) in [6, 6.07) is 9.29. The zero-order valence-electron chi connectivity index (χ0n) is 11.0. The van der Waals surface area contributed by atoms with Crippen LogP contribution in [0.5, 0.6) is 0 Å². The third-order valence-corrected chi connectivity index (χ3v) is 4.06. The highest BCUT2D eigenvalue weighted by Gasteiger charge is 2.49. The molecule has 4 nitrogen and oxygen atoms in total. The highest BCUT2D eigenvalue weighted by molar-refractivity contribution is 5.95. The highest BCUT2D eigenvalue weighted by atomic mass is 19.1. The van der Waals surface area contributed by atoms with Gasteiger partial charge in [-0.25, -0.2) is 14.1 Å². The minimum Gasteiger partial charge on any atom is -0.444 e. The molecule has 2 fully saturated rings. The van der Waals surface area contributed by atoms with E-state index < -0.39 is 12.3 Å². The van der Waals surface area contributed by atoms with Crippen molar-refractivity contribution >= 4 is 12.0 Å². The SMILES string of the molecule is O=C(OCc1ccccc1)N1CC2CC(F)CC2C1=O. The number of amides is 2. The quantitative estimate of drug-likeness (QED) is 0.834. The summed E-state index contributed by atoms with van der Waals surface area (Å²) in [6.45, 7) is 0.433. The van der Waals surface area contributed by atoms with E-state index in [-0.39, 0.29) is 37.3 Å². The van der Waals surface area contributed by atoms with Gasteiger partial charge in [-0.2, -0.15) is 0 Å². The van der Waals surface area contributed by atoms with Gasteiger partial charge in [0.2, 0.25) is 5.91 Å². The average molecular weight is 277 g/mol. The minimum absolute atomic E-state index is 0.0400. The number of carbonyl (C=O) groups is 2. The number of ether oxygens (including phenoxy) is 1. The zero-order chi connectivity index (χ0) is 14.1. The van der Waals surface area contributed by atoms with E-state index in [2.05, 4.69) is 0 Å².